The van der Waals surface area contributed by atoms with E-state index in [1.807, 2.05) is 0 Å². The van der Waals surface area contributed by atoms with Gasteiger partial charge < -0.3 is 19.7 Å². The van der Waals surface area contributed by atoms with Crippen LogP contribution in [0.5, 0.6) is 0 Å². The Morgan fingerprint density at radius 1 is 1.07 bits per heavy atom. The van der Waals surface area contributed by atoms with Gasteiger partial charge >= 0.3 is 12.1 Å². The Kier molecular flexibility index (Phi) is 5.91. The van der Waals surface area contributed by atoms with Crippen molar-refractivity contribution >= 4 is 17.9 Å². The summed E-state index contributed by atoms with van der Waals surface area (Å²) >= 11 is 0. The number of carbonyl (C=O) groups excluding carboxylic acids is 2. The Bertz CT molecular complexity index is 1290. The number of hydrogen-bond acceptors (Lipinski definition) is 6. The minimum Gasteiger partial charge on any atom is -0.478 e. The first-order chi connectivity index (χ1) is 18.9. The van der Waals surface area contributed by atoms with Crippen LogP contribution in [0.3, 0.4) is 0 Å². The van der Waals surface area contributed by atoms with Gasteiger partial charge in [0.05, 0.1) is 6.10 Å². The third-order valence-electron chi connectivity index (χ3n) is 13.7. The van der Waals surface area contributed by atoms with Crippen LogP contribution >= 0.6 is 0 Å². The first kappa shape index (κ1) is 28.8. The number of allylic oxidation sites excluding steroid dienone is 4. The number of alkyl halides is 1. The predicted molar refractivity (Wildman–Crippen MR) is 144 cm³/mol. The average Bonchev–Trinajstić information content (AvgIpc) is 3.32. The maximum absolute atomic E-state index is 17.5. The summed E-state index contributed by atoms with van der Waals surface area (Å²) in [6.07, 6.45) is 1.31. The fourth-order valence-corrected chi connectivity index (χ4v) is 10.8. The number of rotatable bonds is 3. The molecule has 0 heterocycles. The van der Waals surface area contributed by atoms with E-state index in [1.165, 1.54) is 19.1 Å². The molecule has 0 spiro atoms. The van der Waals surface area contributed by atoms with Gasteiger partial charge in [0.25, 0.3) is 0 Å². The van der Waals surface area contributed by atoms with E-state index >= 15 is 8.78 Å². The molecule has 0 aromatic heterocycles. The van der Waals surface area contributed by atoms with Gasteiger partial charge in [-0.3, -0.25) is 4.79 Å². The highest BCUT2D eigenvalue weighted by atomic mass is 19.1. The van der Waals surface area contributed by atoms with Crippen molar-refractivity contribution in [3.63, 3.8) is 0 Å². The molecule has 6 rings (SSSR count). The van der Waals surface area contributed by atoms with Crippen molar-refractivity contribution in [1.82, 2.24) is 0 Å². The zero-order valence-corrected chi connectivity index (χ0v) is 24.8. The molecule has 2 bridgehead atoms. The number of carboxylic acid groups (broad SMARTS) is 1. The van der Waals surface area contributed by atoms with E-state index < -0.39 is 70.0 Å². The van der Waals surface area contributed by atoms with Crippen molar-refractivity contribution < 1.29 is 42.9 Å². The molecule has 0 radical (unpaired) electrons. The Labute approximate surface area is 239 Å². The lowest BCUT2D eigenvalue weighted by molar-refractivity contribution is -0.227. The van der Waals surface area contributed by atoms with E-state index in [9.17, 15) is 24.6 Å². The second-order valence-corrected chi connectivity index (χ2v) is 15.1. The van der Waals surface area contributed by atoms with Gasteiger partial charge in [0.15, 0.2) is 11.5 Å². The molecular formula is C32H42F2O7. The van der Waals surface area contributed by atoms with Crippen molar-refractivity contribution in [3.05, 3.63) is 23.6 Å². The van der Waals surface area contributed by atoms with Crippen molar-refractivity contribution in [3.8, 4) is 0 Å². The number of carbonyl (C=O) groups is 3. The molecule has 0 amide bonds. The summed E-state index contributed by atoms with van der Waals surface area (Å²) in [4.78, 5) is 38.7. The number of aliphatic hydroxyl groups is 1. The number of aliphatic carboxylic acids is 1. The second kappa shape index (κ2) is 8.42. The minimum atomic E-state index is -2.34. The zero-order chi connectivity index (χ0) is 30.1. The Hall–Kier alpha value is -2.29. The van der Waals surface area contributed by atoms with Crippen LogP contribution < -0.4 is 0 Å². The predicted octanol–water partition coefficient (Wildman–Crippen LogP) is 6.09. The zero-order valence-electron chi connectivity index (χ0n) is 24.8. The largest absolute Gasteiger partial charge is 0.509 e. The van der Waals surface area contributed by atoms with E-state index in [-0.39, 0.29) is 47.9 Å². The Morgan fingerprint density at radius 2 is 1.76 bits per heavy atom. The van der Waals surface area contributed by atoms with Gasteiger partial charge in [0.1, 0.15) is 11.9 Å². The van der Waals surface area contributed by atoms with Crippen molar-refractivity contribution in [1.29, 1.82) is 0 Å². The summed E-state index contributed by atoms with van der Waals surface area (Å²) in [7, 11) is 0. The van der Waals surface area contributed by atoms with Crippen LogP contribution in [0.4, 0.5) is 13.6 Å². The SMILES string of the molecule is C[C@@H]1C[C@H]2[C@@H]3CC(F)=C4CC(=O)C=C[C@]4(C)[C@@]3(F)[C@@H](O)C[C@]2(C)[C@@]1(OC(=O)O[C@@H]1C[C@@H]2CC[C@@]1(C)C2(C)C)C(=O)O. The Balaban J connectivity index is 1.35. The lowest BCUT2D eigenvalue weighted by atomic mass is 9.45. The molecule has 9 heteroatoms. The van der Waals surface area contributed by atoms with E-state index in [0.717, 1.165) is 12.8 Å². The number of hydrogen-bond donors (Lipinski definition) is 2. The lowest BCUT2D eigenvalue weighted by Crippen LogP contribution is -2.69. The molecule has 7 nitrogen and oxygen atoms in total. The van der Waals surface area contributed by atoms with E-state index in [1.54, 1.807) is 13.8 Å². The molecule has 0 aliphatic heterocycles. The van der Waals surface area contributed by atoms with Crippen LogP contribution in [0.25, 0.3) is 0 Å². The molecule has 0 unspecified atom stereocenters. The Morgan fingerprint density at radius 3 is 2.34 bits per heavy atom. The molecule has 0 aromatic rings. The van der Waals surface area contributed by atoms with Gasteiger partial charge in [0, 0.05) is 40.9 Å². The molecule has 0 aromatic carbocycles. The maximum Gasteiger partial charge on any atom is 0.509 e. The highest BCUT2D eigenvalue weighted by molar-refractivity contribution is 5.93. The fraction of sp³-hybridized carbons (Fsp3) is 0.781. The van der Waals surface area contributed by atoms with Crippen LogP contribution in [-0.2, 0) is 19.1 Å². The number of aliphatic hydroxyl groups excluding tert-OH is 1. The average molecular weight is 577 g/mol. The lowest BCUT2D eigenvalue weighted by Gasteiger charge is -2.61. The molecule has 6 aliphatic carbocycles. The summed E-state index contributed by atoms with van der Waals surface area (Å²) in [6, 6.07) is 0. The number of carboxylic acids is 1. The number of ether oxygens (including phenoxy) is 2. The summed E-state index contributed by atoms with van der Waals surface area (Å²) in [6.45, 7) is 11.2. The van der Waals surface area contributed by atoms with E-state index in [0.29, 0.717) is 12.3 Å². The summed E-state index contributed by atoms with van der Waals surface area (Å²) in [5.41, 5.74) is -7.66. The summed E-state index contributed by atoms with van der Waals surface area (Å²) in [5.74, 6) is -4.47. The van der Waals surface area contributed by atoms with Crippen molar-refractivity contribution in [2.45, 2.75) is 110 Å². The molecular weight excluding hydrogens is 534 g/mol. The smallest absolute Gasteiger partial charge is 0.478 e. The van der Waals surface area contributed by atoms with Crippen molar-refractivity contribution in [2.75, 3.05) is 0 Å². The molecule has 41 heavy (non-hydrogen) atoms. The number of fused-ring (bicyclic) bond motifs is 7. The van der Waals surface area contributed by atoms with Gasteiger partial charge in [-0.1, -0.05) is 40.7 Å². The van der Waals surface area contributed by atoms with Crippen LogP contribution in [0.15, 0.2) is 23.6 Å². The molecule has 226 valence electrons. The summed E-state index contributed by atoms with van der Waals surface area (Å²) in [5, 5.41) is 22.3. The van der Waals surface area contributed by atoms with Crippen LogP contribution in [0, 0.1) is 45.3 Å². The topological polar surface area (TPSA) is 110 Å². The third kappa shape index (κ3) is 3.19. The molecule has 0 saturated heterocycles. The standard InChI is InChI=1S/C32H42F2O7/c1-16-11-19-20-14-22(33)21-13-18(35)8-10-28(21,4)31(20,34)23(36)15-30(19,6)32(16,25(37)38)41-26(39)40-24-12-17-7-9-29(24,5)27(17,2)3/h8,10,16-17,19-20,23-24,36H,7,9,11-15H2,1-6H3,(H,37,38)/t16-,17+,19+,20+,23+,24-,28+,29-,30+,31+,32+/m1/s1. The molecule has 2 N–H and O–H groups in total. The fourth-order valence-electron chi connectivity index (χ4n) is 10.8. The van der Waals surface area contributed by atoms with Gasteiger partial charge in [-0.05, 0) is 67.9 Å². The van der Waals surface area contributed by atoms with Gasteiger partial charge in [-0.25, -0.2) is 18.4 Å². The van der Waals surface area contributed by atoms with Crippen LogP contribution in [0.2, 0.25) is 0 Å². The van der Waals surface area contributed by atoms with Crippen LogP contribution in [0.1, 0.15) is 86.5 Å². The third-order valence-corrected chi connectivity index (χ3v) is 13.7. The van der Waals surface area contributed by atoms with Gasteiger partial charge in [-0.15, -0.1) is 0 Å². The van der Waals surface area contributed by atoms with Crippen LogP contribution in [-0.4, -0.2) is 51.6 Å². The maximum atomic E-state index is 17.5. The highest BCUT2D eigenvalue weighted by Crippen LogP contribution is 2.72. The normalized spacial score (nSPS) is 51.2. The second-order valence-electron chi connectivity index (χ2n) is 15.1. The first-order valence-corrected chi connectivity index (χ1v) is 15.0. The monoisotopic (exact) mass is 576 g/mol. The number of halogens is 2. The minimum absolute atomic E-state index is 0.0379. The van der Waals surface area contributed by atoms with E-state index in [2.05, 4.69) is 20.8 Å². The summed E-state index contributed by atoms with van der Waals surface area (Å²) < 4.78 is 44.9. The highest BCUT2D eigenvalue weighted by Gasteiger charge is 2.78. The quantitative estimate of drug-likeness (QED) is 0.391. The van der Waals surface area contributed by atoms with E-state index in [4.69, 9.17) is 9.47 Å². The van der Waals surface area contributed by atoms with Gasteiger partial charge in [-0.2, -0.15) is 0 Å². The first-order valence-electron chi connectivity index (χ1n) is 15.0. The van der Waals surface area contributed by atoms with Crippen molar-refractivity contribution in [2.24, 2.45) is 45.3 Å². The molecule has 11 atom stereocenters. The molecule has 4 fully saturated rings. The molecule has 6 aliphatic rings. The molecule has 4 saturated carbocycles. The van der Waals surface area contributed by atoms with Gasteiger partial charge in [0.2, 0.25) is 5.60 Å². The number of ketones is 1.